The third-order valence-corrected chi connectivity index (χ3v) is 4.11. The summed E-state index contributed by atoms with van der Waals surface area (Å²) in [5.41, 5.74) is 1.28. The molecule has 0 saturated carbocycles. The van der Waals surface area contributed by atoms with Crippen molar-refractivity contribution in [2.75, 3.05) is 19.7 Å². The van der Waals surface area contributed by atoms with Gasteiger partial charge >= 0.3 is 0 Å². The normalized spacial score (nSPS) is 23.8. The maximum atomic E-state index is 5.92. The average Bonchev–Trinajstić information content (AvgIpc) is 2.77. The van der Waals surface area contributed by atoms with E-state index in [0.29, 0.717) is 11.8 Å². The number of hydrogen-bond acceptors (Lipinski definition) is 2. The van der Waals surface area contributed by atoms with Gasteiger partial charge in [0.25, 0.3) is 0 Å². The summed E-state index contributed by atoms with van der Waals surface area (Å²) >= 11 is 3.62. The van der Waals surface area contributed by atoms with E-state index >= 15 is 0 Å². The van der Waals surface area contributed by atoms with Crippen molar-refractivity contribution < 1.29 is 4.74 Å². The molecule has 1 aromatic rings. The van der Waals surface area contributed by atoms with Gasteiger partial charge in [-0.1, -0.05) is 48.0 Å². The van der Waals surface area contributed by atoms with Crippen LogP contribution in [0, 0.1) is 11.8 Å². The van der Waals surface area contributed by atoms with Crippen LogP contribution < -0.4 is 5.32 Å². The minimum absolute atomic E-state index is 0.236. The highest BCUT2D eigenvalue weighted by atomic mass is 79.9. The Labute approximate surface area is 118 Å². The van der Waals surface area contributed by atoms with Gasteiger partial charge in [-0.15, -0.1) is 0 Å². The molecule has 1 aromatic carbocycles. The van der Waals surface area contributed by atoms with Crippen molar-refractivity contribution in [3.63, 3.8) is 0 Å². The molecular weight excluding hydrogens is 290 g/mol. The third kappa shape index (κ3) is 3.56. The lowest BCUT2D eigenvalue weighted by atomic mass is 9.95. The van der Waals surface area contributed by atoms with Gasteiger partial charge in [-0.05, 0) is 30.5 Å². The number of halogens is 1. The quantitative estimate of drug-likeness (QED) is 0.893. The van der Waals surface area contributed by atoms with Gasteiger partial charge in [-0.3, -0.25) is 0 Å². The van der Waals surface area contributed by atoms with E-state index in [1.54, 1.807) is 0 Å². The first-order valence-electron chi connectivity index (χ1n) is 6.75. The van der Waals surface area contributed by atoms with Gasteiger partial charge in [-0.2, -0.15) is 0 Å². The number of rotatable bonds is 5. The molecule has 1 aliphatic rings. The van der Waals surface area contributed by atoms with Crippen LogP contribution in [-0.4, -0.2) is 19.7 Å². The first-order valence-corrected chi connectivity index (χ1v) is 7.54. The maximum Gasteiger partial charge on any atom is 0.0876 e. The molecule has 1 saturated heterocycles. The summed E-state index contributed by atoms with van der Waals surface area (Å²) in [4.78, 5) is 0. The topological polar surface area (TPSA) is 21.3 Å². The fourth-order valence-corrected chi connectivity index (χ4v) is 2.96. The van der Waals surface area contributed by atoms with Crippen LogP contribution in [0.2, 0.25) is 0 Å². The molecule has 1 N–H and O–H groups in total. The molecule has 2 nitrogen and oxygen atoms in total. The summed E-state index contributed by atoms with van der Waals surface area (Å²) in [6.45, 7) is 7.48. The highest BCUT2D eigenvalue weighted by Gasteiger charge is 2.30. The first kappa shape index (κ1) is 14.0. The van der Waals surface area contributed by atoms with Crippen LogP contribution in [-0.2, 0) is 4.74 Å². The van der Waals surface area contributed by atoms with Crippen molar-refractivity contribution in [3.8, 4) is 0 Å². The molecule has 0 radical (unpaired) electrons. The van der Waals surface area contributed by atoms with E-state index in [4.69, 9.17) is 4.74 Å². The largest absolute Gasteiger partial charge is 0.373 e. The molecule has 1 fully saturated rings. The summed E-state index contributed by atoms with van der Waals surface area (Å²) in [6, 6.07) is 8.39. The van der Waals surface area contributed by atoms with E-state index in [9.17, 15) is 0 Å². The fourth-order valence-electron chi connectivity index (χ4n) is 2.45. The lowest BCUT2D eigenvalue weighted by Crippen LogP contribution is -2.28. The smallest absolute Gasteiger partial charge is 0.0876 e. The number of hydrogen-bond donors (Lipinski definition) is 1. The van der Waals surface area contributed by atoms with Crippen molar-refractivity contribution in [3.05, 3.63) is 34.3 Å². The van der Waals surface area contributed by atoms with Gasteiger partial charge in [0.15, 0.2) is 0 Å². The molecule has 0 aliphatic carbocycles. The van der Waals surface area contributed by atoms with Crippen LogP contribution in [0.4, 0.5) is 0 Å². The SMILES string of the molecule is CC(C)CNCC1CCOC1c1ccccc1Br. The Morgan fingerprint density at radius 2 is 2.17 bits per heavy atom. The van der Waals surface area contributed by atoms with E-state index in [0.717, 1.165) is 30.6 Å². The van der Waals surface area contributed by atoms with E-state index in [-0.39, 0.29) is 6.10 Å². The van der Waals surface area contributed by atoms with Gasteiger partial charge in [0.05, 0.1) is 6.10 Å². The zero-order valence-corrected chi connectivity index (χ0v) is 12.7. The molecule has 0 amide bonds. The Bertz CT molecular complexity index is 381. The zero-order valence-electron chi connectivity index (χ0n) is 11.2. The number of benzene rings is 1. The van der Waals surface area contributed by atoms with Gasteiger partial charge < -0.3 is 10.1 Å². The standard InChI is InChI=1S/C15H22BrNO/c1-11(2)9-17-10-12-7-8-18-15(12)13-5-3-4-6-14(13)16/h3-6,11-12,15,17H,7-10H2,1-2H3. The Morgan fingerprint density at radius 1 is 1.39 bits per heavy atom. The molecule has 2 atom stereocenters. The highest BCUT2D eigenvalue weighted by Crippen LogP contribution is 2.37. The van der Waals surface area contributed by atoms with E-state index in [1.165, 1.54) is 5.56 Å². The summed E-state index contributed by atoms with van der Waals surface area (Å²) in [6.07, 6.45) is 1.39. The Hall–Kier alpha value is -0.380. The molecular formula is C15H22BrNO. The second-order valence-electron chi connectivity index (χ2n) is 5.41. The molecule has 1 heterocycles. The minimum Gasteiger partial charge on any atom is -0.373 e. The van der Waals surface area contributed by atoms with Crippen molar-refractivity contribution in [1.29, 1.82) is 0 Å². The van der Waals surface area contributed by atoms with Crippen LogP contribution in [0.5, 0.6) is 0 Å². The minimum atomic E-state index is 0.236. The fraction of sp³-hybridized carbons (Fsp3) is 0.600. The molecule has 0 aromatic heterocycles. The zero-order chi connectivity index (χ0) is 13.0. The van der Waals surface area contributed by atoms with E-state index < -0.39 is 0 Å². The average molecular weight is 312 g/mol. The molecule has 0 spiro atoms. The lowest BCUT2D eigenvalue weighted by molar-refractivity contribution is 0.0898. The van der Waals surface area contributed by atoms with Crippen molar-refractivity contribution in [1.82, 2.24) is 5.32 Å². The number of ether oxygens (including phenoxy) is 1. The van der Waals surface area contributed by atoms with Crippen LogP contribution in [0.1, 0.15) is 31.9 Å². The lowest BCUT2D eigenvalue weighted by Gasteiger charge is -2.21. The molecule has 100 valence electrons. The van der Waals surface area contributed by atoms with Crippen LogP contribution in [0.25, 0.3) is 0 Å². The van der Waals surface area contributed by atoms with Gasteiger partial charge in [0.2, 0.25) is 0 Å². The Morgan fingerprint density at radius 3 is 2.89 bits per heavy atom. The summed E-state index contributed by atoms with van der Waals surface area (Å²) in [5, 5.41) is 3.55. The predicted molar refractivity (Wildman–Crippen MR) is 78.6 cm³/mol. The van der Waals surface area contributed by atoms with E-state index in [2.05, 4.69) is 59.4 Å². The number of nitrogens with one attached hydrogen (secondary N) is 1. The Kier molecular flexibility index (Phi) is 5.22. The Balaban J connectivity index is 1.97. The maximum absolute atomic E-state index is 5.92. The van der Waals surface area contributed by atoms with Crippen LogP contribution in [0.3, 0.4) is 0 Å². The van der Waals surface area contributed by atoms with E-state index in [1.807, 2.05) is 0 Å². The monoisotopic (exact) mass is 311 g/mol. The van der Waals surface area contributed by atoms with Crippen molar-refractivity contribution in [2.45, 2.75) is 26.4 Å². The second-order valence-corrected chi connectivity index (χ2v) is 6.27. The first-order chi connectivity index (χ1) is 8.68. The summed E-state index contributed by atoms with van der Waals surface area (Å²) in [7, 11) is 0. The van der Waals surface area contributed by atoms with Crippen LogP contribution >= 0.6 is 15.9 Å². The van der Waals surface area contributed by atoms with Crippen molar-refractivity contribution >= 4 is 15.9 Å². The molecule has 2 unspecified atom stereocenters. The van der Waals surface area contributed by atoms with Gasteiger partial charge in [0.1, 0.15) is 0 Å². The molecule has 0 bridgehead atoms. The van der Waals surface area contributed by atoms with Gasteiger partial charge in [-0.25, -0.2) is 0 Å². The van der Waals surface area contributed by atoms with Crippen molar-refractivity contribution in [2.24, 2.45) is 11.8 Å². The second kappa shape index (κ2) is 6.69. The highest BCUT2D eigenvalue weighted by molar-refractivity contribution is 9.10. The predicted octanol–water partition coefficient (Wildman–Crippen LogP) is 3.77. The summed E-state index contributed by atoms with van der Waals surface area (Å²) < 4.78 is 7.08. The summed E-state index contributed by atoms with van der Waals surface area (Å²) in [5.74, 6) is 1.29. The molecule has 3 heteroatoms. The van der Waals surface area contributed by atoms with Crippen LogP contribution in [0.15, 0.2) is 28.7 Å². The molecule has 1 aliphatic heterocycles. The molecule has 2 rings (SSSR count). The third-order valence-electron chi connectivity index (χ3n) is 3.39. The van der Waals surface area contributed by atoms with Gasteiger partial charge in [0, 0.05) is 23.5 Å². The molecule has 18 heavy (non-hydrogen) atoms.